The number of fused-ring (bicyclic) bond motifs is 1. The Hall–Kier alpha value is -2.82. The van der Waals surface area contributed by atoms with Crippen molar-refractivity contribution in [3.8, 4) is 17.1 Å². The third-order valence-electron chi connectivity index (χ3n) is 3.80. The molecule has 2 aromatic carbocycles. The molecule has 2 N–H and O–H groups in total. The molecule has 0 aliphatic heterocycles. The summed E-state index contributed by atoms with van der Waals surface area (Å²) < 4.78 is 5.49. The maximum absolute atomic E-state index is 12.4. The second-order valence-corrected chi connectivity index (χ2v) is 6.69. The number of aromatic amines is 1. The van der Waals surface area contributed by atoms with Gasteiger partial charge in [-0.25, -0.2) is 4.98 Å². The first kappa shape index (κ1) is 16.1. The molecule has 24 heavy (non-hydrogen) atoms. The molecule has 124 valence electrons. The van der Waals surface area contributed by atoms with Crippen molar-refractivity contribution in [2.45, 2.75) is 20.8 Å². The third kappa shape index (κ3) is 2.97. The molecule has 0 radical (unpaired) electrons. The predicted octanol–water partition coefficient (Wildman–Crippen LogP) is 4.22. The summed E-state index contributed by atoms with van der Waals surface area (Å²) in [4.78, 5) is 20.3. The first-order valence-electron chi connectivity index (χ1n) is 7.84. The topological polar surface area (TPSA) is 67.0 Å². The molecule has 1 heterocycles. The SMILES string of the molecule is COc1cccc(NC(=O)C(C)(C)C)c1-c1nc2ccccc2[nH]1. The lowest BCUT2D eigenvalue weighted by molar-refractivity contribution is -0.123. The van der Waals surface area contributed by atoms with Gasteiger partial charge in [0.15, 0.2) is 0 Å². The monoisotopic (exact) mass is 323 g/mol. The smallest absolute Gasteiger partial charge is 0.229 e. The Morgan fingerprint density at radius 2 is 1.88 bits per heavy atom. The molecule has 0 saturated heterocycles. The molecule has 0 aliphatic carbocycles. The van der Waals surface area contributed by atoms with Gasteiger partial charge in [-0.05, 0) is 24.3 Å². The zero-order chi connectivity index (χ0) is 17.3. The van der Waals surface area contributed by atoms with Gasteiger partial charge in [0.2, 0.25) is 5.91 Å². The number of methoxy groups -OCH3 is 1. The fourth-order valence-electron chi connectivity index (χ4n) is 2.43. The van der Waals surface area contributed by atoms with Gasteiger partial charge < -0.3 is 15.0 Å². The molecule has 0 fully saturated rings. The Labute approximate surface area is 141 Å². The number of H-pyrrole nitrogens is 1. The van der Waals surface area contributed by atoms with E-state index in [0.29, 0.717) is 17.3 Å². The van der Waals surface area contributed by atoms with Gasteiger partial charge in [0.1, 0.15) is 11.6 Å². The van der Waals surface area contributed by atoms with Crippen molar-refractivity contribution in [2.75, 3.05) is 12.4 Å². The van der Waals surface area contributed by atoms with Crippen LogP contribution in [-0.2, 0) is 4.79 Å². The van der Waals surface area contributed by atoms with Crippen LogP contribution < -0.4 is 10.1 Å². The molecular weight excluding hydrogens is 302 g/mol. The Bertz CT molecular complexity index is 858. The highest BCUT2D eigenvalue weighted by Crippen LogP contribution is 2.36. The molecule has 1 amide bonds. The molecule has 0 atom stereocenters. The van der Waals surface area contributed by atoms with Crippen molar-refractivity contribution in [3.05, 3.63) is 42.5 Å². The van der Waals surface area contributed by atoms with Gasteiger partial charge >= 0.3 is 0 Å². The number of carbonyl (C=O) groups excluding carboxylic acids is 1. The molecule has 5 heteroatoms. The summed E-state index contributed by atoms with van der Waals surface area (Å²) in [6.45, 7) is 5.64. The maximum Gasteiger partial charge on any atom is 0.229 e. The van der Waals surface area contributed by atoms with Crippen LogP contribution in [0.3, 0.4) is 0 Å². The van der Waals surface area contributed by atoms with E-state index in [4.69, 9.17) is 4.74 Å². The summed E-state index contributed by atoms with van der Waals surface area (Å²) in [7, 11) is 1.61. The molecule has 0 spiro atoms. The number of nitrogens with zero attached hydrogens (tertiary/aromatic N) is 1. The fourth-order valence-corrected chi connectivity index (χ4v) is 2.43. The van der Waals surface area contributed by atoms with E-state index in [-0.39, 0.29) is 5.91 Å². The summed E-state index contributed by atoms with van der Waals surface area (Å²) >= 11 is 0. The summed E-state index contributed by atoms with van der Waals surface area (Å²) in [5.41, 5.74) is 2.73. The standard InChI is InChI=1S/C19H21N3O2/c1-19(2,3)18(23)22-14-10-7-11-15(24-4)16(14)17-20-12-8-5-6-9-13(12)21-17/h5-11H,1-4H3,(H,20,21)(H,22,23). The number of nitrogens with one attached hydrogen (secondary N) is 2. The first-order valence-corrected chi connectivity index (χ1v) is 7.84. The molecule has 0 unspecified atom stereocenters. The van der Waals surface area contributed by atoms with E-state index < -0.39 is 5.41 Å². The van der Waals surface area contributed by atoms with Crippen molar-refractivity contribution < 1.29 is 9.53 Å². The molecule has 3 aromatic rings. The lowest BCUT2D eigenvalue weighted by Crippen LogP contribution is -2.27. The predicted molar refractivity (Wildman–Crippen MR) is 96.2 cm³/mol. The summed E-state index contributed by atoms with van der Waals surface area (Å²) in [5, 5.41) is 2.99. The molecule has 0 saturated carbocycles. The molecule has 3 rings (SSSR count). The minimum absolute atomic E-state index is 0.0619. The molecule has 0 bridgehead atoms. The van der Waals surface area contributed by atoms with E-state index in [2.05, 4.69) is 15.3 Å². The van der Waals surface area contributed by atoms with Crippen LogP contribution in [0.25, 0.3) is 22.4 Å². The van der Waals surface area contributed by atoms with Crippen molar-refractivity contribution in [2.24, 2.45) is 5.41 Å². The van der Waals surface area contributed by atoms with Gasteiger partial charge in [0.25, 0.3) is 0 Å². The average molecular weight is 323 g/mol. The Morgan fingerprint density at radius 1 is 1.12 bits per heavy atom. The quantitative estimate of drug-likeness (QED) is 0.758. The maximum atomic E-state index is 12.4. The first-order chi connectivity index (χ1) is 11.4. The Balaban J connectivity index is 2.13. The third-order valence-corrected chi connectivity index (χ3v) is 3.80. The number of hydrogen-bond acceptors (Lipinski definition) is 3. The second-order valence-electron chi connectivity index (χ2n) is 6.69. The largest absolute Gasteiger partial charge is 0.496 e. The van der Waals surface area contributed by atoms with Gasteiger partial charge in [0, 0.05) is 5.41 Å². The minimum Gasteiger partial charge on any atom is -0.496 e. The summed E-state index contributed by atoms with van der Waals surface area (Å²) in [6, 6.07) is 13.4. The van der Waals surface area contributed by atoms with Gasteiger partial charge in [-0.15, -0.1) is 0 Å². The van der Waals surface area contributed by atoms with E-state index in [1.54, 1.807) is 7.11 Å². The molecule has 1 aromatic heterocycles. The van der Waals surface area contributed by atoms with Crippen LogP contribution in [0.15, 0.2) is 42.5 Å². The number of ether oxygens (including phenoxy) is 1. The number of carbonyl (C=O) groups is 1. The number of aromatic nitrogens is 2. The van der Waals surface area contributed by atoms with E-state index in [0.717, 1.165) is 16.6 Å². The van der Waals surface area contributed by atoms with Crippen LogP contribution >= 0.6 is 0 Å². The number of anilines is 1. The van der Waals surface area contributed by atoms with Crippen molar-refractivity contribution in [1.29, 1.82) is 0 Å². The van der Waals surface area contributed by atoms with Gasteiger partial charge in [-0.2, -0.15) is 0 Å². The van der Waals surface area contributed by atoms with E-state index in [9.17, 15) is 4.79 Å². The zero-order valence-electron chi connectivity index (χ0n) is 14.3. The van der Waals surface area contributed by atoms with Crippen LogP contribution in [0, 0.1) is 5.41 Å². The highest BCUT2D eigenvalue weighted by Gasteiger charge is 2.24. The minimum atomic E-state index is -0.492. The van der Waals surface area contributed by atoms with E-state index in [1.807, 2.05) is 63.2 Å². The van der Waals surface area contributed by atoms with Crippen LogP contribution in [-0.4, -0.2) is 23.0 Å². The number of amides is 1. The summed E-state index contributed by atoms with van der Waals surface area (Å²) in [5.74, 6) is 1.26. The fraction of sp³-hybridized carbons (Fsp3) is 0.263. The van der Waals surface area contributed by atoms with Crippen LogP contribution in [0.5, 0.6) is 5.75 Å². The van der Waals surface area contributed by atoms with Crippen LogP contribution in [0.4, 0.5) is 5.69 Å². The average Bonchev–Trinajstić information content (AvgIpc) is 2.97. The number of imidazole rings is 1. The van der Waals surface area contributed by atoms with E-state index >= 15 is 0 Å². The van der Waals surface area contributed by atoms with Gasteiger partial charge in [-0.3, -0.25) is 4.79 Å². The van der Waals surface area contributed by atoms with E-state index in [1.165, 1.54) is 0 Å². The number of hydrogen-bond donors (Lipinski definition) is 2. The highest BCUT2D eigenvalue weighted by atomic mass is 16.5. The lowest BCUT2D eigenvalue weighted by atomic mass is 9.95. The molecule has 5 nitrogen and oxygen atoms in total. The van der Waals surface area contributed by atoms with Crippen molar-refractivity contribution in [1.82, 2.24) is 9.97 Å². The number of para-hydroxylation sites is 2. The number of rotatable bonds is 3. The van der Waals surface area contributed by atoms with Gasteiger partial charge in [0.05, 0.1) is 29.4 Å². The summed E-state index contributed by atoms with van der Waals surface area (Å²) in [6.07, 6.45) is 0. The van der Waals surface area contributed by atoms with Crippen molar-refractivity contribution >= 4 is 22.6 Å². The Morgan fingerprint density at radius 3 is 2.54 bits per heavy atom. The normalized spacial score (nSPS) is 11.5. The molecule has 0 aliphatic rings. The van der Waals surface area contributed by atoms with Gasteiger partial charge in [-0.1, -0.05) is 39.0 Å². The Kier molecular flexibility index (Phi) is 4.01. The highest BCUT2D eigenvalue weighted by molar-refractivity contribution is 5.99. The molecular formula is C19H21N3O2. The lowest BCUT2D eigenvalue weighted by Gasteiger charge is -2.20. The van der Waals surface area contributed by atoms with Crippen LogP contribution in [0.2, 0.25) is 0 Å². The number of benzene rings is 2. The second kappa shape index (κ2) is 6.00. The van der Waals surface area contributed by atoms with Crippen LogP contribution in [0.1, 0.15) is 20.8 Å². The van der Waals surface area contributed by atoms with Crippen molar-refractivity contribution in [3.63, 3.8) is 0 Å². The zero-order valence-corrected chi connectivity index (χ0v) is 14.3.